The van der Waals surface area contributed by atoms with Crippen LogP contribution in [0.3, 0.4) is 0 Å². The summed E-state index contributed by atoms with van der Waals surface area (Å²) in [5.74, 6) is 0.171. The van der Waals surface area contributed by atoms with Crippen LogP contribution in [0.2, 0.25) is 5.02 Å². The van der Waals surface area contributed by atoms with Crippen LogP contribution in [0.1, 0.15) is 5.82 Å². The van der Waals surface area contributed by atoms with Crippen molar-refractivity contribution in [3.05, 3.63) is 39.6 Å². The van der Waals surface area contributed by atoms with Gasteiger partial charge in [-0.05, 0) is 37.3 Å². The van der Waals surface area contributed by atoms with Gasteiger partial charge in [0, 0.05) is 5.02 Å². The maximum Gasteiger partial charge on any atom is 0.199 e. The highest BCUT2D eigenvalue weighted by atomic mass is 35.5. The molecule has 1 heterocycles. The Labute approximate surface area is 95.5 Å². The molecule has 0 amide bonds. The highest BCUT2D eigenvalue weighted by Gasteiger charge is 2.09. The third-order valence-corrected chi connectivity index (χ3v) is 2.50. The number of rotatable bonds is 1. The van der Waals surface area contributed by atoms with Gasteiger partial charge in [0.25, 0.3) is 0 Å². The van der Waals surface area contributed by atoms with Gasteiger partial charge in [0.15, 0.2) is 4.77 Å². The van der Waals surface area contributed by atoms with Crippen molar-refractivity contribution in [2.24, 2.45) is 0 Å². The molecule has 0 aliphatic rings. The van der Waals surface area contributed by atoms with Gasteiger partial charge in [-0.15, -0.1) is 0 Å². The minimum atomic E-state index is -0.428. The first kappa shape index (κ1) is 10.3. The summed E-state index contributed by atoms with van der Waals surface area (Å²) in [6.07, 6.45) is 0. The van der Waals surface area contributed by atoms with Gasteiger partial charge >= 0.3 is 0 Å². The second-order valence-corrected chi connectivity index (χ2v) is 3.83. The van der Waals surface area contributed by atoms with E-state index in [1.807, 2.05) is 0 Å². The molecule has 2 aromatic rings. The Kier molecular flexibility index (Phi) is 2.58. The summed E-state index contributed by atoms with van der Waals surface area (Å²) in [7, 11) is 0. The number of nitrogens with zero attached hydrogens (tertiary/aromatic N) is 2. The van der Waals surface area contributed by atoms with Gasteiger partial charge in [0.1, 0.15) is 11.6 Å². The average Bonchev–Trinajstić information content (AvgIpc) is 2.48. The van der Waals surface area contributed by atoms with Crippen LogP contribution >= 0.6 is 23.8 Å². The molecule has 0 saturated heterocycles. The van der Waals surface area contributed by atoms with E-state index < -0.39 is 5.82 Å². The fourth-order valence-electron chi connectivity index (χ4n) is 1.32. The zero-order chi connectivity index (χ0) is 11.0. The van der Waals surface area contributed by atoms with Crippen molar-refractivity contribution in [1.82, 2.24) is 14.8 Å². The van der Waals surface area contributed by atoms with Crippen molar-refractivity contribution in [2.75, 3.05) is 0 Å². The summed E-state index contributed by atoms with van der Waals surface area (Å²) in [6, 6.07) is 4.41. The van der Waals surface area contributed by atoms with E-state index in [-0.39, 0.29) is 0 Å². The Balaban J connectivity index is 2.69. The van der Waals surface area contributed by atoms with Gasteiger partial charge in [-0.25, -0.2) is 4.39 Å². The standard InChI is InChI=1S/C9H7ClFN3S/c1-5-12-13-9(15)14(5)8-3-2-6(10)4-7(8)11/h2-4H,1H3,(H,13,15). The lowest BCUT2D eigenvalue weighted by Crippen LogP contribution is -2.00. The first-order valence-corrected chi connectivity index (χ1v) is 4.97. The second-order valence-electron chi connectivity index (χ2n) is 3.01. The molecule has 1 aromatic carbocycles. The largest absolute Gasteiger partial charge is 0.269 e. The Hall–Kier alpha value is -1.20. The number of nitrogens with one attached hydrogen (secondary N) is 1. The molecule has 0 fully saturated rings. The first-order valence-electron chi connectivity index (χ1n) is 4.19. The van der Waals surface area contributed by atoms with Gasteiger partial charge in [-0.2, -0.15) is 5.10 Å². The van der Waals surface area contributed by atoms with Crippen LogP contribution in [0.15, 0.2) is 18.2 Å². The van der Waals surface area contributed by atoms with Crippen molar-refractivity contribution in [2.45, 2.75) is 6.92 Å². The molecule has 15 heavy (non-hydrogen) atoms. The number of halogens is 2. The number of hydrogen-bond acceptors (Lipinski definition) is 2. The predicted octanol–water partition coefficient (Wildman–Crippen LogP) is 3.03. The van der Waals surface area contributed by atoms with Crippen LogP contribution < -0.4 is 0 Å². The average molecular weight is 244 g/mol. The van der Waals surface area contributed by atoms with Crippen molar-refractivity contribution >= 4 is 23.8 Å². The topological polar surface area (TPSA) is 33.6 Å². The minimum absolute atomic E-state index is 0.343. The van der Waals surface area contributed by atoms with E-state index in [4.69, 9.17) is 23.8 Å². The van der Waals surface area contributed by atoms with Crippen LogP contribution in [-0.4, -0.2) is 14.8 Å². The van der Waals surface area contributed by atoms with Crippen LogP contribution in [0.4, 0.5) is 4.39 Å². The molecule has 6 heteroatoms. The summed E-state index contributed by atoms with van der Waals surface area (Å²) < 4.78 is 15.5. The summed E-state index contributed by atoms with van der Waals surface area (Å²) in [6.45, 7) is 1.74. The molecular weight excluding hydrogens is 237 g/mol. The lowest BCUT2D eigenvalue weighted by atomic mass is 10.3. The number of H-pyrrole nitrogens is 1. The smallest absolute Gasteiger partial charge is 0.199 e. The fourth-order valence-corrected chi connectivity index (χ4v) is 1.76. The summed E-state index contributed by atoms with van der Waals surface area (Å²) in [5.41, 5.74) is 0.343. The molecule has 0 spiro atoms. The third kappa shape index (κ3) is 1.80. The van der Waals surface area contributed by atoms with Gasteiger partial charge in [-0.1, -0.05) is 11.6 Å². The van der Waals surface area contributed by atoms with Crippen molar-refractivity contribution < 1.29 is 4.39 Å². The molecule has 0 aliphatic carbocycles. The zero-order valence-electron chi connectivity index (χ0n) is 7.79. The lowest BCUT2D eigenvalue weighted by molar-refractivity contribution is 0.616. The highest BCUT2D eigenvalue weighted by molar-refractivity contribution is 7.71. The summed E-state index contributed by atoms with van der Waals surface area (Å²) in [4.78, 5) is 0. The van der Waals surface area contributed by atoms with Crippen molar-refractivity contribution in [3.8, 4) is 5.69 Å². The lowest BCUT2D eigenvalue weighted by Gasteiger charge is -2.05. The van der Waals surface area contributed by atoms with Crippen LogP contribution in [0.25, 0.3) is 5.69 Å². The highest BCUT2D eigenvalue weighted by Crippen LogP contribution is 2.19. The molecule has 78 valence electrons. The molecule has 0 aliphatic heterocycles. The van der Waals surface area contributed by atoms with E-state index in [0.717, 1.165) is 0 Å². The normalized spacial score (nSPS) is 10.6. The van der Waals surface area contributed by atoms with Gasteiger partial charge in [-0.3, -0.25) is 9.67 Å². The van der Waals surface area contributed by atoms with E-state index in [1.165, 1.54) is 10.6 Å². The number of aromatic nitrogens is 3. The molecule has 1 aromatic heterocycles. The van der Waals surface area contributed by atoms with E-state index in [2.05, 4.69) is 10.2 Å². The molecular formula is C9H7ClFN3S. The first-order chi connectivity index (χ1) is 7.09. The van der Waals surface area contributed by atoms with Gasteiger partial charge in [0.05, 0.1) is 5.69 Å². The maximum absolute atomic E-state index is 13.6. The quantitative estimate of drug-likeness (QED) is 0.781. The monoisotopic (exact) mass is 243 g/mol. The predicted molar refractivity (Wildman–Crippen MR) is 58.5 cm³/mol. The maximum atomic E-state index is 13.6. The van der Waals surface area contributed by atoms with Crippen LogP contribution in [0.5, 0.6) is 0 Å². The Morgan fingerprint density at radius 3 is 2.80 bits per heavy atom. The number of hydrogen-bond donors (Lipinski definition) is 1. The fraction of sp³-hybridized carbons (Fsp3) is 0.111. The molecule has 2 rings (SSSR count). The molecule has 0 atom stereocenters. The molecule has 1 N–H and O–H groups in total. The Bertz CT molecular complexity index is 561. The second kappa shape index (κ2) is 3.75. The Morgan fingerprint density at radius 2 is 2.27 bits per heavy atom. The Morgan fingerprint density at radius 1 is 1.53 bits per heavy atom. The summed E-state index contributed by atoms with van der Waals surface area (Å²) >= 11 is 10.7. The van der Waals surface area contributed by atoms with Gasteiger partial charge in [0.2, 0.25) is 0 Å². The van der Waals surface area contributed by atoms with Gasteiger partial charge < -0.3 is 0 Å². The van der Waals surface area contributed by atoms with Crippen molar-refractivity contribution in [1.29, 1.82) is 0 Å². The summed E-state index contributed by atoms with van der Waals surface area (Å²) in [5, 5.41) is 6.85. The van der Waals surface area contributed by atoms with Crippen LogP contribution in [-0.2, 0) is 0 Å². The molecule has 0 bridgehead atoms. The van der Waals surface area contributed by atoms with E-state index in [1.54, 1.807) is 19.1 Å². The molecule has 0 radical (unpaired) electrons. The number of aryl methyl sites for hydroxylation is 1. The number of benzene rings is 1. The van der Waals surface area contributed by atoms with Crippen LogP contribution in [0, 0.1) is 17.5 Å². The third-order valence-electron chi connectivity index (χ3n) is 1.99. The zero-order valence-corrected chi connectivity index (χ0v) is 9.36. The van der Waals surface area contributed by atoms with E-state index in [0.29, 0.717) is 21.3 Å². The minimum Gasteiger partial charge on any atom is -0.269 e. The SMILES string of the molecule is Cc1n[nH]c(=S)n1-c1ccc(Cl)cc1F. The van der Waals surface area contributed by atoms with Crippen molar-refractivity contribution in [3.63, 3.8) is 0 Å². The molecule has 0 unspecified atom stereocenters. The van der Waals surface area contributed by atoms with E-state index >= 15 is 0 Å². The van der Waals surface area contributed by atoms with E-state index in [9.17, 15) is 4.39 Å². The molecule has 0 saturated carbocycles. The molecule has 3 nitrogen and oxygen atoms in total. The number of aromatic amines is 1.